The highest BCUT2D eigenvalue weighted by Gasteiger charge is 2.25. The second-order valence-electron chi connectivity index (χ2n) is 7.11. The minimum absolute atomic E-state index is 0. The molecule has 2 aromatic carbocycles. The van der Waals surface area contributed by atoms with E-state index >= 15 is 0 Å². The highest BCUT2D eigenvalue weighted by molar-refractivity contribution is 5.85. The van der Waals surface area contributed by atoms with Crippen molar-refractivity contribution in [3.63, 3.8) is 0 Å². The van der Waals surface area contributed by atoms with E-state index in [1.165, 1.54) is 12.0 Å². The van der Waals surface area contributed by atoms with E-state index < -0.39 is 0 Å². The molecule has 0 amide bonds. The Kier molecular flexibility index (Phi) is 9.05. The number of nitrogens with zero attached hydrogens (tertiary/aromatic N) is 4. The number of rotatable bonds is 6. The quantitative estimate of drug-likeness (QED) is 0.598. The maximum absolute atomic E-state index is 5.58. The van der Waals surface area contributed by atoms with E-state index in [2.05, 4.69) is 62.6 Å². The fraction of sp³-hybridized carbons (Fsp3) is 0.381. The van der Waals surface area contributed by atoms with Gasteiger partial charge in [0.2, 0.25) is 0 Å². The molecule has 9 heteroatoms. The number of aryl methyl sites for hydroxylation is 1. The van der Waals surface area contributed by atoms with Crippen LogP contribution in [-0.2, 0) is 6.54 Å². The molecule has 1 aromatic heterocycles. The fourth-order valence-corrected chi connectivity index (χ4v) is 3.87. The van der Waals surface area contributed by atoms with Crippen molar-refractivity contribution < 1.29 is 4.74 Å². The zero-order valence-electron chi connectivity index (χ0n) is 17.1. The topological polar surface area (TPSA) is 76.9 Å². The van der Waals surface area contributed by atoms with Crippen molar-refractivity contribution in [2.75, 3.05) is 13.7 Å². The standard InChI is InChI=1S/C21H26N6O.2ClH/c1-15-24-25-26-27(15)18-10-11-20(28-2)17(13-18)14-23-19-9-6-12-22-21(19)16-7-4-3-5-8-16;;/h3-5,7-8,10-11,13,19,21-23H,6,9,12,14H2,1-2H3;2*1H. The number of piperidine rings is 1. The van der Waals surface area contributed by atoms with Crippen LogP contribution in [0.4, 0.5) is 0 Å². The van der Waals surface area contributed by atoms with Crippen molar-refractivity contribution >= 4 is 24.8 Å². The number of benzene rings is 2. The number of tetrazole rings is 1. The van der Waals surface area contributed by atoms with Crippen LogP contribution < -0.4 is 15.4 Å². The molecular weight excluding hydrogens is 423 g/mol. The first kappa shape index (κ1) is 24.1. The lowest BCUT2D eigenvalue weighted by Gasteiger charge is -2.34. The maximum atomic E-state index is 5.58. The number of halogens is 2. The number of aromatic nitrogens is 4. The Hall–Kier alpha value is -2.19. The van der Waals surface area contributed by atoms with Crippen LogP contribution in [0, 0.1) is 6.92 Å². The Labute approximate surface area is 189 Å². The van der Waals surface area contributed by atoms with Crippen molar-refractivity contribution in [1.82, 2.24) is 30.8 Å². The molecule has 1 fully saturated rings. The third-order valence-corrected chi connectivity index (χ3v) is 5.31. The second-order valence-corrected chi connectivity index (χ2v) is 7.11. The minimum Gasteiger partial charge on any atom is -0.496 e. The summed E-state index contributed by atoms with van der Waals surface area (Å²) in [5.74, 6) is 1.62. The predicted molar refractivity (Wildman–Crippen MR) is 122 cm³/mol. The Morgan fingerprint density at radius 3 is 2.67 bits per heavy atom. The van der Waals surface area contributed by atoms with Crippen molar-refractivity contribution in [2.24, 2.45) is 0 Å². The average Bonchev–Trinajstić information content (AvgIpc) is 3.18. The van der Waals surface area contributed by atoms with Gasteiger partial charge in [-0.25, -0.2) is 0 Å². The summed E-state index contributed by atoms with van der Waals surface area (Å²) in [7, 11) is 1.70. The lowest BCUT2D eigenvalue weighted by atomic mass is 9.92. The summed E-state index contributed by atoms with van der Waals surface area (Å²) < 4.78 is 7.32. The summed E-state index contributed by atoms with van der Waals surface area (Å²) in [4.78, 5) is 0. The van der Waals surface area contributed by atoms with Gasteiger partial charge in [0.05, 0.1) is 12.8 Å². The number of hydrogen-bond donors (Lipinski definition) is 2. The van der Waals surface area contributed by atoms with E-state index in [4.69, 9.17) is 4.74 Å². The normalized spacial score (nSPS) is 18.2. The van der Waals surface area contributed by atoms with Gasteiger partial charge in [0.1, 0.15) is 5.75 Å². The minimum atomic E-state index is 0. The van der Waals surface area contributed by atoms with Crippen LogP contribution in [0.3, 0.4) is 0 Å². The van der Waals surface area contributed by atoms with Crippen LogP contribution in [0.15, 0.2) is 48.5 Å². The zero-order valence-corrected chi connectivity index (χ0v) is 18.7. The molecule has 2 unspecified atom stereocenters. The van der Waals surface area contributed by atoms with Gasteiger partial charge < -0.3 is 15.4 Å². The molecule has 0 spiro atoms. The molecule has 1 saturated heterocycles. The summed E-state index contributed by atoms with van der Waals surface area (Å²) >= 11 is 0. The molecule has 162 valence electrons. The number of hydrogen-bond acceptors (Lipinski definition) is 6. The average molecular weight is 451 g/mol. The first-order valence-corrected chi connectivity index (χ1v) is 9.70. The van der Waals surface area contributed by atoms with Crippen molar-refractivity contribution in [1.29, 1.82) is 0 Å². The van der Waals surface area contributed by atoms with E-state index in [1.807, 2.05) is 19.1 Å². The summed E-state index contributed by atoms with van der Waals surface area (Å²) in [6.07, 6.45) is 2.31. The molecule has 0 saturated carbocycles. The number of methoxy groups -OCH3 is 1. The van der Waals surface area contributed by atoms with Crippen LogP contribution in [0.25, 0.3) is 5.69 Å². The second kappa shape index (κ2) is 11.3. The first-order chi connectivity index (χ1) is 13.8. The lowest BCUT2D eigenvalue weighted by molar-refractivity contribution is 0.303. The maximum Gasteiger partial charge on any atom is 0.153 e. The molecule has 0 bridgehead atoms. The Balaban J connectivity index is 0.00000160. The van der Waals surface area contributed by atoms with Crippen LogP contribution in [0.1, 0.15) is 35.8 Å². The van der Waals surface area contributed by atoms with Crippen LogP contribution in [0.5, 0.6) is 5.75 Å². The van der Waals surface area contributed by atoms with Crippen molar-refractivity contribution in [3.8, 4) is 11.4 Å². The van der Waals surface area contributed by atoms with Crippen LogP contribution in [-0.4, -0.2) is 39.9 Å². The molecule has 7 nitrogen and oxygen atoms in total. The van der Waals surface area contributed by atoms with E-state index in [0.717, 1.165) is 35.8 Å². The molecule has 0 radical (unpaired) electrons. The van der Waals surface area contributed by atoms with Gasteiger partial charge in [-0.05, 0) is 60.5 Å². The van der Waals surface area contributed by atoms with Gasteiger partial charge in [0.25, 0.3) is 0 Å². The van der Waals surface area contributed by atoms with Crippen LogP contribution >= 0.6 is 24.8 Å². The van der Waals surface area contributed by atoms with E-state index in [-0.39, 0.29) is 24.8 Å². The molecule has 30 heavy (non-hydrogen) atoms. The largest absolute Gasteiger partial charge is 0.496 e. The molecular formula is C21H28Cl2N6O. The summed E-state index contributed by atoms with van der Waals surface area (Å²) in [6.45, 7) is 3.66. The van der Waals surface area contributed by atoms with Gasteiger partial charge in [-0.15, -0.1) is 29.9 Å². The zero-order chi connectivity index (χ0) is 19.3. The van der Waals surface area contributed by atoms with Gasteiger partial charge in [0.15, 0.2) is 5.82 Å². The van der Waals surface area contributed by atoms with Gasteiger partial charge in [-0.1, -0.05) is 30.3 Å². The first-order valence-electron chi connectivity index (χ1n) is 9.70. The molecule has 2 N–H and O–H groups in total. The molecule has 2 atom stereocenters. The van der Waals surface area contributed by atoms with E-state index in [1.54, 1.807) is 11.8 Å². The third-order valence-electron chi connectivity index (χ3n) is 5.31. The molecule has 1 aliphatic heterocycles. The fourth-order valence-electron chi connectivity index (χ4n) is 3.87. The molecule has 3 aromatic rings. The Morgan fingerprint density at radius 2 is 1.97 bits per heavy atom. The molecule has 0 aliphatic carbocycles. The van der Waals surface area contributed by atoms with Gasteiger partial charge in [-0.2, -0.15) is 4.68 Å². The highest BCUT2D eigenvalue weighted by atomic mass is 35.5. The summed E-state index contributed by atoms with van der Waals surface area (Å²) in [5, 5.41) is 19.2. The van der Waals surface area contributed by atoms with Crippen LogP contribution in [0.2, 0.25) is 0 Å². The monoisotopic (exact) mass is 450 g/mol. The highest BCUT2D eigenvalue weighted by Crippen LogP contribution is 2.26. The molecule has 2 heterocycles. The van der Waals surface area contributed by atoms with E-state index in [9.17, 15) is 0 Å². The number of nitrogens with one attached hydrogen (secondary N) is 2. The van der Waals surface area contributed by atoms with Gasteiger partial charge >= 0.3 is 0 Å². The lowest BCUT2D eigenvalue weighted by Crippen LogP contribution is -2.45. The Bertz CT molecular complexity index is 921. The predicted octanol–water partition coefficient (Wildman–Crippen LogP) is 3.41. The van der Waals surface area contributed by atoms with Gasteiger partial charge in [-0.3, -0.25) is 0 Å². The van der Waals surface area contributed by atoms with Gasteiger partial charge in [0, 0.05) is 24.2 Å². The molecule has 1 aliphatic rings. The smallest absolute Gasteiger partial charge is 0.153 e. The Morgan fingerprint density at radius 1 is 1.17 bits per heavy atom. The molecule has 4 rings (SSSR count). The third kappa shape index (κ3) is 5.29. The van der Waals surface area contributed by atoms with Crippen molar-refractivity contribution in [3.05, 3.63) is 65.5 Å². The van der Waals surface area contributed by atoms with E-state index in [0.29, 0.717) is 18.6 Å². The summed E-state index contributed by atoms with van der Waals surface area (Å²) in [5.41, 5.74) is 3.35. The SMILES string of the molecule is COc1ccc(-n2nnnc2C)cc1CNC1CCCNC1c1ccccc1.Cl.Cl. The summed E-state index contributed by atoms with van der Waals surface area (Å²) in [6, 6.07) is 17.4. The number of ether oxygens (including phenoxy) is 1. The van der Waals surface area contributed by atoms with Crippen molar-refractivity contribution in [2.45, 2.75) is 38.4 Å².